The highest BCUT2D eigenvalue weighted by Crippen LogP contribution is 2.45. The van der Waals surface area contributed by atoms with Crippen molar-refractivity contribution in [3.05, 3.63) is 58.6 Å². The number of phenolic OH excluding ortho intramolecular Hbond substituents is 2. The van der Waals surface area contributed by atoms with Crippen LogP contribution in [0.3, 0.4) is 0 Å². The molecule has 1 fully saturated rings. The van der Waals surface area contributed by atoms with Crippen molar-refractivity contribution in [1.29, 1.82) is 0 Å². The molecule has 1 amide bonds. The molecular formula is C32H38N9O9S2+. The number of fused-ring (bicyclic) bond motifs is 1. The van der Waals surface area contributed by atoms with Gasteiger partial charge in [-0.1, -0.05) is 11.2 Å². The van der Waals surface area contributed by atoms with Crippen molar-refractivity contribution in [1.82, 2.24) is 19.8 Å². The Balaban J connectivity index is 1.25. The second-order valence-corrected chi connectivity index (χ2v) is 14.6. The normalized spacial score (nSPS) is 17.5. The van der Waals surface area contributed by atoms with E-state index in [0.717, 1.165) is 16.9 Å². The maximum absolute atomic E-state index is 13.5. The van der Waals surface area contributed by atoms with Gasteiger partial charge < -0.3 is 46.9 Å². The number of nitrogen functional groups attached to an aromatic ring is 2. The summed E-state index contributed by atoms with van der Waals surface area (Å²) in [5.74, 6) is -4.59. The number of carbonyl (C=O) groups excluding carboxylic acids is 2. The van der Waals surface area contributed by atoms with Gasteiger partial charge in [0.05, 0.1) is 11.3 Å². The van der Waals surface area contributed by atoms with Crippen molar-refractivity contribution in [2.45, 2.75) is 44.3 Å². The monoisotopic (exact) mass is 756 g/mol. The second kappa shape index (κ2) is 15.4. The number of anilines is 3. The molecule has 2 aromatic heterocycles. The van der Waals surface area contributed by atoms with Crippen molar-refractivity contribution in [2.75, 3.05) is 42.7 Å². The highest BCUT2D eigenvalue weighted by molar-refractivity contribution is 8.00. The molecule has 1 saturated heterocycles. The maximum atomic E-state index is 13.5. The van der Waals surface area contributed by atoms with E-state index in [1.807, 2.05) is 11.9 Å². The Morgan fingerprint density at radius 1 is 1.21 bits per heavy atom. The minimum Gasteiger partial charge on any atom is -0.504 e. The lowest BCUT2D eigenvalue weighted by Crippen LogP contribution is -2.62. The van der Waals surface area contributed by atoms with Gasteiger partial charge >= 0.3 is 11.9 Å². The first-order chi connectivity index (χ1) is 24.5. The van der Waals surface area contributed by atoms with E-state index in [1.54, 1.807) is 16.8 Å². The number of aromatic hydroxyl groups is 2. The summed E-state index contributed by atoms with van der Waals surface area (Å²) in [5.41, 5.74) is 11.5. The fourth-order valence-corrected chi connectivity index (χ4v) is 7.38. The summed E-state index contributed by atoms with van der Waals surface area (Å²) in [4.78, 5) is 67.6. The molecule has 0 bridgehead atoms. The summed E-state index contributed by atoms with van der Waals surface area (Å²) in [7, 11) is 1.89. The van der Waals surface area contributed by atoms with E-state index in [0.29, 0.717) is 30.9 Å². The number of thioether (sulfide) groups is 1. The number of carbonyl (C=O) groups is 4. The molecule has 0 spiro atoms. The molecule has 276 valence electrons. The number of carboxylic acid groups (broad SMARTS) is 2. The third kappa shape index (κ3) is 8.35. The third-order valence-electron chi connectivity index (χ3n) is 8.26. The molecule has 1 aromatic carbocycles. The van der Waals surface area contributed by atoms with Crippen molar-refractivity contribution >= 4 is 69.1 Å². The number of nitrogens with zero attached hydrogens (tertiary/aromatic N) is 6. The third-order valence-corrected chi connectivity index (χ3v) is 10.3. The lowest BCUT2D eigenvalue weighted by Gasteiger charge is -2.49. The molecule has 18 nitrogen and oxygen atoms in total. The van der Waals surface area contributed by atoms with Crippen LogP contribution in [-0.4, -0.2) is 106 Å². The number of nitrogens with one attached hydrogen (secondary N) is 1. The van der Waals surface area contributed by atoms with Crippen LogP contribution in [0.25, 0.3) is 0 Å². The van der Waals surface area contributed by atoms with Crippen LogP contribution in [0.2, 0.25) is 0 Å². The van der Waals surface area contributed by atoms with Gasteiger partial charge in [0.2, 0.25) is 11.5 Å². The van der Waals surface area contributed by atoms with Gasteiger partial charge in [-0.25, -0.2) is 19.1 Å². The minimum atomic E-state index is -1.76. The first kappa shape index (κ1) is 37.8. The Morgan fingerprint density at radius 3 is 2.62 bits per heavy atom. The number of carboxylic acids is 2. The highest BCUT2D eigenvalue weighted by Gasteiger charge is 2.54. The lowest BCUT2D eigenvalue weighted by molar-refractivity contribution is -0.691. The zero-order chi connectivity index (χ0) is 37.9. The van der Waals surface area contributed by atoms with E-state index >= 15 is 0 Å². The lowest BCUT2D eigenvalue weighted by atomic mass is 9.89. The van der Waals surface area contributed by atoms with Gasteiger partial charge in [0.15, 0.2) is 28.1 Å². The Hall–Kier alpha value is -5.47. The predicted molar refractivity (Wildman–Crippen MR) is 190 cm³/mol. The van der Waals surface area contributed by atoms with Crippen LogP contribution >= 0.6 is 23.1 Å². The number of rotatable bonds is 16. The van der Waals surface area contributed by atoms with E-state index in [2.05, 4.69) is 20.4 Å². The first-order valence-corrected chi connectivity index (χ1v) is 17.7. The number of hydrogen-bond donors (Lipinski definition) is 7. The smallest absolute Gasteiger partial charge is 0.352 e. The topological polar surface area (TPSA) is 271 Å². The average Bonchev–Trinajstić information content (AvgIpc) is 3.51. The van der Waals surface area contributed by atoms with E-state index in [-0.39, 0.29) is 58.3 Å². The fourth-order valence-electron chi connectivity index (χ4n) is 5.43. The molecule has 52 heavy (non-hydrogen) atoms. The average molecular weight is 757 g/mol. The molecule has 9 N–H and O–H groups in total. The molecule has 5 rings (SSSR count). The highest BCUT2D eigenvalue weighted by atomic mass is 32.2. The van der Waals surface area contributed by atoms with Crippen LogP contribution in [0.5, 0.6) is 11.5 Å². The number of Topliss-reactive ketones (excluding diaryl/α,β-unsaturated/α-hetero) is 1. The number of phenols is 2. The summed E-state index contributed by atoms with van der Waals surface area (Å²) >= 11 is 2.35. The van der Waals surface area contributed by atoms with Crippen molar-refractivity contribution in [3.8, 4) is 11.5 Å². The molecule has 2 aliphatic heterocycles. The summed E-state index contributed by atoms with van der Waals surface area (Å²) in [6, 6.07) is 4.64. The van der Waals surface area contributed by atoms with Crippen LogP contribution in [0, 0.1) is 5.92 Å². The van der Waals surface area contributed by atoms with Crippen LogP contribution in [0.15, 0.2) is 52.5 Å². The van der Waals surface area contributed by atoms with Crippen molar-refractivity contribution in [3.63, 3.8) is 0 Å². The number of amides is 1. The van der Waals surface area contributed by atoms with Gasteiger partial charge in [0.25, 0.3) is 12.1 Å². The number of hydrogen-bond acceptors (Lipinski definition) is 16. The minimum absolute atomic E-state index is 0.0623. The van der Waals surface area contributed by atoms with E-state index in [1.165, 1.54) is 54.3 Å². The van der Waals surface area contributed by atoms with Gasteiger partial charge in [-0.05, 0) is 43.6 Å². The molecule has 0 aliphatic carbocycles. The summed E-state index contributed by atoms with van der Waals surface area (Å²) < 4.78 is 1.66. The zero-order valence-electron chi connectivity index (χ0n) is 28.3. The fraction of sp³-hybridized carbons (Fsp3) is 0.375. The summed E-state index contributed by atoms with van der Waals surface area (Å²) in [6.45, 7) is 4.19. The Labute approximate surface area is 305 Å². The number of likely N-dealkylation sites (N-methyl/N-ethyl adjacent to an activating group) is 1. The van der Waals surface area contributed by atoms with Crippen LogP contribution in [0.4, 0.5) is 16.6 Å². The Kier molecular flexibility index (Phi) is 11.2. The van der Waals surface area contributed by atoms with Gasteiger partial charge in [-0.3, -0.25) is 14.5 Å². The van der Waals surface area contributed by atoms with Crippen LogP contribution in [0.1, 0.15) is 31.5 Å². The standard InChI is InChI=1S/C32H37N9O9S2/c1-32(2,30(48)49)50-38-24(20-14-52-31(34)37-20)23(44)9-18-27(45)41-25(29(46)47)17(13-51-28(18)41)11-40-12-19(26(33)36-15-40)35-6-7-39(3)10-16-4-5-21(42)22(43)8-16/h4-5,8,12,14-15,18,28,33,35H,6-7,9-11,13H2,1-3H3,(H6,34,37,38,42,43,44,46,47,48,49)/p+1/t18-,28?/m1/s1. The number of benzene rings is 1. The van der Waals surface area contributed by atoms with Crippen molar-refractivity contribution in [2.24, 2.45) is 11.1 Å². The van der Waals surface area contributed by atoms with E-state index in [4.69, 9.17) is 16.3 Å². The predicted octanol–water partition coefficient (Wildman–Crippen LogP) is 1.06. The quantitative estimate of drug-likeness (QED) is 0.0354. The molecule has 0 saturated carbocycles. The van der Waals surface area contributed by atoms with Crippen LogP contribution < -0.4 is 21.4 Å². The second-order valence-electron chi connectivity index (χ2n) is 12.7. The molecule has 0 radical (unpaired) electrons. The Morgan fingerprint density at radius 2 is 1.96 bits per heavy atom. The number of oxime groups is 1. The SMILES string of the molecule is CN(CCNc1c[n+](CC2=C(C(=O)O)N3C(=O)[C@@H](CC(=O)/C(=N\OC(C)(C)C(=O)O)c4csc(N)n4)C3SC2)cnc1N)Cc1ccc(O)c(O)c1. The van der Waals surface area contributed by atoms with Gasteiger partial charge in [0.1, 0.15) is 29.8 Å². The van der Waals surface area contributed by atoms with Gasteiger partial charge in [0, 0.05) is 42.8 Å². The largest absolute Gasteiger partial charge is 0.504 e. The van der Waals surface area contributed by atoms with Gasteiger partial charge in [-0.2, -0.15) is 0 Å². The number of aliphatic carboxylic acids is 2. The van der Waals surface area contributed by atoms with E-state index < -0.39 is 40.5 Å². The molecule has 4 heterocycles. The molecule has 20 heteroatoms. The number of nitrogens with two attached hydrogens (primary N) is 2. The van der Waals surface area contributed by atoms with Crippen LogP contribution in [-0.2, 0) is 37.1 Å². The van der Waals surface area contributed by atoms with Crippen molar-refractivity contribution < 1.29 is 49.0 Å². The maximum Gasteiger partial charge on any atom is 0.352 e. The Bertz CT molecular complexity index is 1970. The number of ketones is 1. The number of β-lactam (4-membered cyclic amide) rings is 1. The number of aromatic nitrogens is 3. The first-order valence-electron chi connectivity index (χ1n) is 15.8. The molecule has 3 aromatic rings. The van der Waals surface area contributed by atoms with Gasteiger partial charge in [-0.15, -0.1) is 23.1 Å². The van der Waals surface area contributed by atoms with E-state index in [9.17, 15) is 39.6 Å². The summed E-state index contributed by atoms with van der Waals surface area (Å²) in [5, 5.41) is 46.9. The molecule has 2 atom stereocenters. The summed E-state index contributed by atoms with van der Waals surface area (Å²) in [6.07, 6.45) is 2.82. The molecule has 1 unspecified atom stereocenters. The zero-order valence-corrected chi connectivity index (χ0v) is 30.0. The molecular weight excluding hydrogens is 719 g/mol. The molecule has 2 aliphatic rings. The number of thiazole rings is 1.